The molecule has 0 saturated heterocycles. The van der Waals surface area contributed by atoms with Crippen molar-refractivity contribution in [1.29, 1.82) is 0 Å². The second-order valence-electron chi connectivity index (χ2n) is 7.82. The number of fused-ring (bicyclic) bond motifs is 1. The zero-order chi connectivity index (χ0) is 25.4. The number of benzene rings is 3. The van der Waals surface area contributed by atoms with E-state index in [9.17, 15) is 19.7 Å². The third-order valence-electron chi connectivity index (χ3n) is 5.31. The van der Waals surface area contributed by atoms with Crippen LogP contribution in [0.3, 0.4) is 0 Å². The van der Waals surface area contributed by atoms with E-state index in [0.717, 1.165) is 16.9 Å². The van der Waals surface area contributed by atoms with Gasteiger partial charge in [0.15, 0.2) is 5.70 Å². The van der Waals surface area contributed by atoms with E-state index in [1.165, 1.54) is 24.3 Å². The summed E-state index contributed by atoms with van der Waals surface area (Å²) < 4.78 is 11.4. The molecular weight excluding hydrogens is 504 g/mol. The number of aliphatic imine (C=N–C) groups is 1. The van der Waals surface area contributed by atoms with Crippen molar-refractivity contribution in [1.82, 2.24) is 0 Å². The summed E-state index contributed by atoms with van der Waals surface area (Å²) >= 11 is 7.38. The van der Waals surface area contributed by atoms with Crippen molar-refractivity contribution in [3.8, 4) is 5.75 Å². The van der Waals surface area contributed by atoms with E-state index in [1.807, 2.05) is 25.1 Å². The number of para-hydroxylation sites is 1. The molecule has 0 radical (unpaired) electrons. The van der Waals surface area contributed by atoms with Gasteiger partial charge >= 0.3 is 11.9 Å². The predicted molar refractivity (Wildman–Crippen MR) is 137 cm³/mol. The average molecular weight is 519 g/mol. The molecule has 1 aliphatic rings. The molecule has 4 aromatic rings. The van der Waals surface area contributed by atoms with Crippen LogP contribution in [-0.2, 0) is 9.53 Å². The molecule has 0 unspecified atom stereocenters. The fraction of sp³-hybridized carbons (Fsp3) is 0.0385. The number of thiophene rings is 1. The maximum absolute atomic E-state index is 13.0. The number of rotatable bonds is 5. The smallest absolute Gasteiger partial charge is 0.363 e. The number of ether oxygens (including phenoxy) is 2. The predicted octanol–water partition coefficient (Wildman–Crippen LogP) is 6.34. The second-order valence-corrected chi connectivity index (χ2v) is 9.25. The Bertz CT molecular complexity index is 1640. The first-order valence-corrected chi connectivity index (χ1v) is 11.8. The molecule has 36 heavy (non-hydrogen) atoms. The van der Waals surface area contributed by atoms with Crippen LogP contribution >= 0.6 is 22.9 Å². The molecule has 1 aromatic heterocycles. The molecule has 0 aliphatic carbocycles. The lowest BCUT2D eigenvalue weighted by Gasteiger charge is -2.07. The highest BCUT2D eigenvalue weighted by Gasteiger charge is 2.25. The number of carbonyl (C=O) groups excluding carboxylic acids is 2. The Morgan fingerprint density at radius 3 is 2.72 bits per heavy atom. The second kappa shape index (κ2) is 9.37. The van der Waals surface area contributed by atoms with Gasteiger partial charge in [0.05, 0.1) is 9.95 Å². The summed E-state index contributed by atoms with van der Waals surface area (Å²) in [6.07, 6.45) is 1.48. The molecule has 5 rings (SSSR count). The van der Waals surface area contributed by atoms with Gasteiger partial charge in [-0.25, -0.2) is 14.6 Å². The van der Waals surface area contributed by atoms with Crippen molar-refractivity contribution in [2.24, 2.45) is 4.99 Å². The van der Waals surface area contributed by atoms with E-state index in [4.69, 9.17) is 21.1 Å². The lowest BCUT2D eigenvalue weighted by molar-refractivity contribution is -0.384. The molecule has 0 spiro atoms. The SMILES string of the molecule is Cc1cccc(C2=N/C(=C/c3ccccc3OC(=O)c3sc4cc([N+](=O)[O-])ccc4c3Cl)C(=O)O2)c1. The lowest BCUT2D eigenvalue weighted by Crippen LogP contribution is -2.08. The van der Waals surface area contributed by atoms with Crippen LogP contribution in [0.2, 0.25) is 5.02 Å². The highest BCUT2D eigenvalue weighted by atomic mass is 35.5. The molecule has 10 heteroatoms. The van der Waals surface area contributed by atoms with E-state index < -0.39 is 16.9 Å². The monoisotopic (exact) mass is 518 g/mol. The van der Waals surface area contributed by atoms with Crippen LogP contribution in [0.15, 0.2) is 77.4 Å². The van der Waals surface area contributed by atoms with Gasteiger partial charge < -0.3 is 9.47 Å². The lowest BCUT2D eigenvalue weighted by atomic mass is 10.1. The third kappa shape index (κ3) is 4.49. The minimum absolute atomic E-state index is 0.0576. The van der Waals surface area contributed by atoms with Crippen LogP contribution in [0.5, 0.6) is 5.75 Å². The standard InChI is InChI=1S/C26H15ClN2O6S/c1-14-5-4-7-16(11-14)24-28-19(25(30)35-24)12-15-6-2-3-8-20(15)34-26(31)23-22(27)18-10-9-17(29(32)33)13-21(18)36-23/h2-13H,1H3/b19-12+. The van der Waals surface area contributed by atoms with E-state index in [-0.39, 0.29) is 32.9 Å². The zero-order valence-electron chi connectivity index (χ0n) is 18.6. The van der Waals surface area contributed by atoms with E-state index in [0.29, 0.717) is 21.2 Å². The maximum Gasteiger partial charge on any atom is 0.363 e. The van der Waals surface area contributed by atoms with Gasteiger partial charge in [0, 0.05) is 33.3 Å². The maximum atomic E-state index is 13.0. The van der Waals surface area contributed by atoms with Crippen LogP contribution in [0.25, 0.3) is 16.2 Å². The average Bonchev–Trinajstić information content (AvgIpc) is 3.39. The van der Waals surface area contributed by atoms with Gasteiger partial charge in [-0.1, -0.05) is 47.5 Å². The number of nitrogens with zero attached hydrogens (tertiary/aromatic N) is 2. The summed E-state index contributed by atoms with van der Waals surface area (Å²) in [4.78, 5) is 40.4. The Labute approximate surface area is 213 Å². The minimum atomic E-state index is -0.729. The number of non-ortho nitro benzene ring substituents is 1. The quantitative estimate of drug-likeness (QED) is 0.100. The molecule has 8 nitrogen and oxygen atoms in total. The molecule has 3 aromatic carbocycles. The molecule has 178 valence electrons. The van der Waals surface area contributed by atoms with Crippen molar-refractivity contribution < 1.29 is 24.0 Å². The molecule has 0 atom stereocenters. The van der Waals surface area contributed by atoms with Gasteiger partial charge in [-0.2, -0.15) is 0 Å². The normalized spacial score (nSPS) is 14.1. The topological polar surface area (TPSA) is 108 Å². The van der Waals surface area contributed by atoms with Crippen LogP contribution < -0.4 is 4.74 Å². The largest absolute Gasteiger partial charge is 0.422 e. The number of cyclic esters (lactones) is 1. The summed E-state index contributed by atoms with van der Waals surface area (Å²) in [6.45, 7) is 1.92. The third-order valence-corrected chi connectivity index (χ3v) is 6.95. The number of carbonyl (C=O) groups is 2. The number of esters is 2. The fourth-order valence-electron chi connectivity index (χ4n) is 3.60. The number of nitro benzene ring substituents is 1. The molecule has 0 saturated carbocycles. The van der Waals surface area contributed by atoms with Crippen LogP contribution in [0.1, 0.15) is 26.4 Å². The Morgan fingerprint density at radius 2 is 1.94 bits per heavy atom. The van der Waals surface area contributed by atoms with Gasteiger partial charge in [0.25, 0.3) is 5.69 Å². The van der Waals surface area contributed by atoms with Crippen molar-refractivity contribution in [3.63, 3.8) is 0 Å². The highest BCUT2D eigenvalue weighted by molar-refractivity contribution is 7.21. The zero-order valence-corrected chi connectivity index (χ0v) is 20.1. The molecule has 0 N–H and O–H groups in total. The Kier molecular flexibility index (Phi) is 6.09. The summed E-state index contributed by atoms with van der Waals surface area (Å²) in [6, 6.07) is 18.2. The minimum Gasteiger partial charge on any atom is -0.422 e. The first kappa shape index (κ1) is 23.4. The summed E-state index contributed by atoms with van der Waals surface area (Å²) in [5, 5.41) is 11.7. The number of hydrogen-bond acceptors (Lipinski definition) is 8. The van der Waals surface area contributed by atoms with Gasteiger partial charge in [0.1, 0.15) is 10.6 Å². The van der Waals surface area contributed by atoms with Crippen molar-refractivity contribution in [3.05, 3.63) is 109 Å². The van der Waals surface area contributed by atoms with Crippen LogP contribution in [0, 0.1) is 17.0 Å². The molecule has 0 fully saturated rings. The van der Waals surface area contributed by atoms with Crippen LogP contribution in [0.4, 0.5) is 5.69 Å². The Morgan fingerprint density at radius 1 is 1.14 bits per heavy atom. The van der Waals surface area contributed by atoms with Crippen molar-refractivity contribution >= 4 is 62.6 Å². The van der Waals surface area contributed by atoms with E-state index >= 15 is 0 Å². The first-order valence-electron chi connectivity index (χ1n) is 10.6. The fourth-order valence-corrected chi connectivity index (χ4v) is 5.01. The summed E-state index contributed by atoms with van der Waals surface area (Å²) in [5.41, 5.74) is 2.05. The highest BCUT2D eigenvalue weighted by Crippen LogP contribution is 2.38. The summed E-state index contributed by atoms with van der Waals surface area (Å²) in [7, 11) is 0. The van der Waals surface area contributed by atoms with E-state index in [1.54, 1.807) is 30.3 Å². The first-order chi connectivity index (χ1) is 17.3. The van der Waals surface area contributed by atoms with Crippen molar-refractivity contribution in [2.45, 2.75) is 6.92 Å². The van der Waals surface area contributed by atoms with Gasteiger partial charge in [-0.3, -0.25) is 10.1 Å². The van der Waals surface area contributed by atoms with E-state index in [2.05, 4.69) is 4.99 Å². The number of aryl methyl sites for hydroxylation is 1. The molecular formula is C26H15ClN2O6S. The van der Waals surface area contributed by atoms with Crippen molar-refractivity contribution in [2.75, 3.05) is 0 Å². The summed E-state index contributed by atoms with van der Waals surface area (Å²) in [5.74, 6) is -0.980. The van der Waals surface area contributed by atoms with Gasteiger partial charge in [0.2, 0.25) is 5.90 Å². The number of hydrogen-bond donors (Lipinski definition) is 0. The molecule has 1 aliphatic heterocycles. The number of nitro groups is 1. The van der Waals surface area contributed by atoms with Gasteiger partial charge in [-0.15, -0.1) is 11.3 Å². The van der Waals surface area contributed by atoms with Gasteiger partial charge in [-0.05, 0) is 37.3 Å². The molecule has 0 bridgehead atoms. The molecule has 2 heterocycles. The Balaban J connectivity index is 1.45. The molecule has 0 amide bonds. The van der Waals surface area contributed by atoms with Crippen LogP contribution in [-0.4, -0.2) is 22.8 Å². The number of halogens is 1. The Hall–Kier alpha value is -4.34.